The Labute approximate surface area is 170 Å². The van der Waals surface area contributed by atoms with Crippen molar-refractivity contribution in [3.63, 3.8) is 0 Å². The zero-order valence-corrected chi connectivity index (χ0v) is 17.5. The molecule has 2 N–H and O–H groups in total. The van der Waals surface area contributed by atoms with E-state index in [1.165, 1.54) is 5.56 Å². The molecule has 1 atom stereocenters. The van der Waals surface area contributed by atoms with Gasteiger partial charge in [0.2, 0.25) is 0 Å². The molecule has 5 nitrogen and oxygen atoms in total. The van der Waals surface area contributed by atoms with Crippen LogP contribution < -0.4 is 29.6 Å². The van der Waals surface area contributed by atoms with Gasteiger partial charge in [0.1, 0.15) is 18.5 Å². The lowest BCUT2D eigenvalue weighted by Gasteiger charge is -2.35. The van der Waals surface area contributed by atoms with E-state index in [0.717, 1.165) is 38.5 Å². The Bertz CT molecular complexity index is 487. The van der Waals surface area contributed by atoms with Gasteiger partial charge in [-0.05, 0) is 23.1 Å². The van der Waals surface area contributed by atoms with E-state index in [-0.39, 0.29) is 36.8 Å². The molecule has 7 heteroatoms. The Balaban J connectivity index is 0.00000312. The average molecular weight is 407 g/mol. The van der Waals surface area contributed by atoms with Gasteiger partial charge in [0.05, 0.1) is 6.61 Å². The summed E-state index contributed by atoms with van der Waals surface area (Å²) in [4.78, 5) is 4.50. The molecule has 1 aromatic rings. The van der Waals surface area contributed by atoms with Crippen LogP contribution in [0.2, 0.25) is 0 Å². The van der Waals surface area contributed by atoms with Crippen molar-refractivity contribution in [1.29, 1.82) is 0 Å². The maximum Gasteiger partial charge on any atom is 0.119 e. The number of rotatable bonds is 7. The number of β-amino-alcohol motifs (C(OH)–C–C–N with tert-alkyl or cyclic N) is 2. The third kappa shape index (κ3) is 8.42. The molecule has 1 aromatic carbocycles. The van der Waals surface area contributed by atoms with Crippen molar-refractivity contribution in [3.05, 3.63) is 29.8 Å². The van der Waals surface area contributed by atoms with Crippen LogP contribution in [-0.4, -0.2) is 78.6 Å². The zero-order valence-electron chi connectivity index (χ0n) is 16.0. The summed E-state index contributed by atoms with van der Waals surface area (Å²) in [6.45, 7) is 12.2. The van der Waals surface area contributed by atoms with Gasteiger partial charge in [-0.1, -0.05) is 32.9 Å². The molecule has 2 rings (SSSR count). The molecule has 1 aliphatic rings. The summed E-state index contributed by atoms with van der Waals surface area (Å²) in [7, 11) is 0. The lowest BCUT2D eigenvalue weighted by Crippen LogP contribution is -3.00. The summed E-state index contributed by atoms with van der Waals surface area (Å²) >= 11 is 0. The van der Waals surface area contributed by atoms with Gasteiger partial charge >= 0.3 is 0 Å². The fourth-order valence-electron chi connectivity index (χ4n) is 2.93. The second kappa shape index (κ2) is 12.0. The van der Waals surface area contributed by atoms with Crippen LogP contribution >= 0.6 is 0 Å². The van der Waals surface area contributed by atoms with Crippen molar-refractivity contribution in [2.24, 2.45) is 0 Å². The molecule has 1 heterocycles. The number of aliphatic hydroxyl groups excluding tert-OH is 2. The number of halogens is 2. The van der Waals surface area contributed by atoms with Crippen LogP contribution in [0, 0.1) is 0 Å². The molecular weight excluding hydrogens is 375 g/mol. The van der Waals surface area contributed by atoms with E-state index in [4.69, 9.17) is 9.84 Å². The molecule has 0 radical (unpaired) electrons. The standard InChI is InChI=1S/C19H32N2O3.2ClH/c1-19(2,3)16-4-6-18(7-5-16)24-15-17(23)14-21-10-8-20(9-11-21)12-13-22;;/h4-7,17,22-23H,8-15H2,1-3H3;2*1H/p-2. The van der Waals surface area contributed by atoms with Crippen molar-refractivity contribution in [3.8, 4) is 5.75 Å². The van der Waals surface area contributed by atoms with Crippen LogP contribution in [0.15, 0.2) is 24.3 Å². The van der Waals surface area contributed by atoms with Gasteiger partial charge in [0.25, 0.3) is 0 Å². The number of piperazine rings is 1. The largest absolute Gasteiger partial charge is 1.00 e. The van der Waals surface area contributed by atoms with E-state index >= 15 is 0 Å². The molecule has 0 aromatic heterocycles. The second-order valence-corrected chi connectivity index (χ2v) is 7.61. The maximum absolute atomic E-state index is 10.2. The summed E-state index contributed by atoms with van der Waals surface area (Å²) in [5.74, 6) is 0.801. The minimum atomic E-state index is -0.489. The minimum absolute atomic E-state index is 0. The number of aliphatic hydroxyl groups is 2. The van der Waals surface area contributed by atoms with Crippen molar-refractivity contribution in [2.45, 2.75) is 32.3 Å². The number of benzene rings is 1. The maximum atomic E-state index is 10.2. The number of hydrogen-bond donors (Lipinski definition) is 2. The van der Waals surface area contributed by atoms with Crippen molar-refractivity contribution < 1.29 is 39.8 Å². The number of hydrogen-bond acceptors (Lipinski definition) is 5. The minimum Gasteiger partial charge on any atom is -1.00 e. The van der Waals surface area contributed by atoms with E-state index in [1.54, 1.807) is 0 Å². The third-order valence-electron chi connectivity index (χ3n) is 4.51. The van der Waals surface area contributed by atoms with Crippen LogP contribution in [0.4, 0.5) is 0 Å². The topological polar surface area (TPSA) is 56.2 Å². The number of ether oxygens (including phenoxy) is 1. The molecule has 1 fully saturated rings. The molecule has 1 unspecified atom stereocenters. The molecule has 1 aliphatic heterocycles. The van der Waals surface area contributed by atoms with E-state index in [2.05, 4.69) is 42.7 Å². The fourth-order valence-corrected chi connectivity index (χ4v) is 2.93. The summed E-state index contributed by atoms with van der Waals surface area (Å²) in [5.41, 5.74) is 1.41. The van der Waals surface area contributed by atoms with Gasteiger partial charge in [-0.3, -0.25) is 9.80 Å². The second-order valence-electron chi connectivity index (χ2n) is 7.61. The van der Waals surface area contributed by atoms with Gasteiger partial charge < -0.3 is 39.8 Å². The average Bonchev–Trinajstić information content (AvgIpc) is 2.55. The Morgan fingerprint density at radius 2 is 1.54 bits per heavy atom. The molecule has 0 aliphatic carbocycles. The van der Waals surface area contributed by atoms with E-state index in [9.17, 15) is 5.11 Å². The normalized spacial score (nSPS) is 17.1. The molecular formula is C19H32Cl2N2O3-2. The quantitative estimate of drug-likeness (QED) is 0.476. The molecule has 0 bridgehead atoms. The van der Waals surface area contributed by atoms with E-state index < -0.39 is 6.10 Å². The Hall–Kier alpha value is -0.560. The Morgan fingerprint density at radius 3 is 2.04 bits per heavy atom. The lowest BCUT2D eigenvalue weighted by atomic mass is 9.87. The lowest BCUT2D eigenvalue weighted by molar-refractivity contribution is -0.001000. The molecule has 0 amide bonds. The third-order valence-corrected chi connectivity index (χ3v) is 4.51. The van der Waals surface area contributed by atoms with E-state index in [0.29, 0.717) is 13.2 Å². The Morgan fingerprint density at radius 1 is 1.00 bits per heavy atom. The summed E-state index contributed by atoms with van der Waals surface area (Å²) in [6.07, 6.45) is -0.489. The fraction of sp³-hybridized carbons (Fsp3) is 0.684. The van der Waals surface area contributed by atoms with Gasteiger partial charge in [0, 0.05) is 39.3 Å². The van der Waals surface area contributed by atoms with Crippen LogP contribution in [0.1, 0.15) is 26.3 Å². The highest BCUT2D eigenvalue weighted by atomic mass is 35.5. The van der Waals surface area contributed by atoms with Gasteiger partial charge in [0.15, 0.2) is 0 Å². The first-order chi connectivity index (χ1) is 11.4. The highest BCUT2D eigenvalue weighted by Gasteiger charge is 2.19. The van der Waals surface area contributed by atoms with Crippen molar-refractivity contribution >= 4 is 0 Å². The van der Waals surface area contributed by atoms with E-state index in [1.807, 2.05) is 12.1 Å². The van der Waals surface area contributed by atoms with Gasteiger partial charge in [-0.2, -0.15) is 0 Å². The first kappa shape index (κ1) is 25.4. The zero-order chi connectivity index (χ0) is 17.6. The van der Waals surface area contributed by atoms with Crippen molar-refractivity contribution in [2.75, 3.05) is 52.5 Å². The predicted molar refractivity (Wildman–Crippen MR) is 96.6 cm³/mol. The highest BCUT2D eigenvalue weighted by molar-refractivity contribution is 5.31. The Kier molecular flexibility index (Phi) is 11.7. The molecule has 0 spiro atoms. The monoisotopic (exact) mass is 406 g/mol. The summed E-state index contributed by atoms with van der Waals surface area (Å²) < 4.78 is 5.72. The molecule has 1 saturated heterocycles. The molecule has 152 valence electrons. The highest BCUT2D eigenvalue weighted by Crippen LogP contribution is 2.24. The van der Waals surface area contributed by atoms with Gasteiger partial charge in [-0.15, -0.1) is 0 Å². The van der Waals surface area contributed by atoms with Crippen molar-refractivity contribution in [1.82, 2.24) is 9.80 Å². The molecule has 26 heavy (non-hydrogen) atoms. The first-order valence-corrected chi connectivity index (χ1v) is 8.85. The van der Waals surface area contributed by atoms with Crippen LogP contribution in [0.3, 0.4) is 0 Å². The predicted octanol–water partition coefficient (Wildman–Crippen LogP) is -4.66. The van der Waals surface area contributed by atoms with Crippen LogP contribution in [0.5, 0.6) is 5.75 Å². The molecule has 0 saturated carbocycles. The van der Waals surface area contributed by atoms with Gasteiger partial charge in [-0.25, -0.2) is 0 Å². The SMILES string of the molecule is CC(C)(C)c1ccc(OCC(O)CN2CCN(CCO)CC2)cc1.[Cl-].[Cl-]. The summed E-state index contributed by atoms with van der Waals surface area (Å²) in [6, 6.07) is 8.12. The first-order valence-electron chi connectivity index (χ1n) is 8.85. The van der Waals surface area contributed by atoms with Crippen LogP contribution in [-0.2, 0) is 5.41 Å². The van der Waals surface area contributed by atoms with Crippen LogP contribution in [0.25, 0.3) is 0 Å². The summed E-state index contributed by atoms with van der Waals surface area (Å²) in [5, 5.41) is 19.2. The smallest absolute Gasteiger partial charge is 0.119 e. The number of nitrogens with zero attached hydrogens (tertiary/aromatic N) is 2.